The molecule has 19 heavy (non-hydrogen) atoms. The normalized spacial score (nSPS) is 10.5. The number of nitrogen functional groups attached to an aromatic ring is 1. The molecule has 2 aromatic carbocycles. The van der Waals surface area contributed by atoms with Gasteiger partial charge in [-0.2, -0.15) is 0 Å². The topological polar surface area (TPSA) is 43.1 Å². The van der Waals surface area contributed by atoms with Crippen LogP contribution in [0.2, 0.25) is 10.0 Å². The van der Waals surface area contributed by atoms with Gasteiger partial charge in [0.2, 0.25) is 0 Å². The molecule has 0 unspecified atom stereocenters. The minimum Gasteiger partial charge on any atom is -0.396 e. The lowest BCUT2D eigenvalue weighted by Crippen LogP contribution is -2.04. The van der Waals surface area contributed by atoms with Crippen LogP contribution in [0.15, 0.2) is 36.4 Å². The third-order valence-corrected chi connectivity index (χ3v) is 3.30. The predicted molar refractivity (Wildman–Crippen MR) is 75.3 cm³/mol. The summed E-state index contributed by atoms with van der Waals surface area (Å²) in [5.74, 6) is -0.495. The standard InChI is InChI=1S/C14H10Cl2FNO/c15-11-6-9(7-12(16)14(11)18)13(19)5-8-1-3-10(17)4-2-8/h1-4,6-7H,5,18H2. The Morgan fingerprint density at radius 1 is 1.11 bits per heavy atom. The molecular weight excluding hydrogens is 288 g/mol. The Morgan fingerprint density at radius 2 is 1.63 bits per heavy atom. The maximum Gasteiger partial charge on any atom is 0.167 e. The van der Waals surface area contributed by atoms with Gasteiger partial charge in [-0.05, 0) is 29.8 Å². The molecule has 0 aliphatic heterocycles. The number of hydrogen-bond donors (Lipinski definition) is 1. The maximum atomic E-state index is 12.8. The second kappa shape index (κ2) is 5.59. The fourth-order valence-electron chi connectivity index (χ4n) is 1.64. The molecule has 0 heterocycles. The molecule has 2 N–H and O–H groups in total. The van der Waals surface area contributed by atoms with Crippen LogP contribution in [0.25, 0.3) is 0 Å². The van der Waals surface area contributed by atoms with Gasteiger partial charge in [0.25, 0.3) is 0 Å². The Morgan fingerprint density at radius 3 is 2.16 bits per heavy atom. The van der Waals surface area contributed by atoms with Crippen LogP contribution >= 0.6 is 23.2 Å². The summed E-state index contributed by atoms with van der Waals surface area (Å²) in [6, 6.07) is 8.71. The van der Waals surface area contributed by atoms with Crippen LogP contribution in [-0.2, 0) is 6.42 Å². The van der Waals surface area contributed by atoms with Crippen LogP contribution in [0.1, 0.15) is 15.9 Å². The number of hydrogen-bond acceptors (Lipinski definition) is 2. The van der Waals surface area contributed by atoms with Gasteiger partial charge < -0.3 is 5.73 Å². The van der Waals surface area contributed by atoms with Crippen LogP contribution in [0.3, 0.4) is 0 Å². The van der Waals surface area contributed by atoms with Crippen LogP contribution in [0, 0.1) is 5.82 Å². The molecule has 0 saturated carbocycles. The number of halogens is 3. The lowest BCUT2D eigenvalue weighted by molar-refractivity contribution is 0.0993. The van der Waals surface area contributed by atoms with Crippen LogP contribution in [0.4, 0.5) is 10.1 Å². The van der Waals surface area contributed by atoms with Crippen molar-refractivity contribution >= 4 is 34.7 Å². The first-order chi connectivity index (χ1) is 8.97. The SMILES string of the molecule is Nc1c(Cl)cc(C(=O)Cc2ccc(F)cc2)cc1Cl. The second-order valence-corrected chi connectivity index (χ2v) is 4.89. The summed E-state index contributed by atoms with van der Waals surface area (Å²) in [5, 5.41) is 0.491. The van der Waals surface area contributed by atoms with E-state index in [-0.39, 0.29) is 33.8 Å². The lowest BCUT2D eigenvalue weighted by Gasteiger charge is -2.06. The van der Waals surface area contributed by atoms with Crippen molar-refractivity contribution in [2.45, 2.75) is 6.42 Å². The van der Waals surface area contributed by atoms with E-state index in [1.807, 2.05) is 0 Å². The number of rotatable bonds is 3. The van der Waals surface area contributed by atoms with Crippen LogP contribution < -0.4 is 5.73 Å². The summed E-state index contributed by atoms with van der Waals surface area (Å²) in [5.41, 5.74) is 6.96. The molecule has 2 rings (SSSR count). The Hall–Kier alpha value is -1.58. The molecule has 98 valence electrons. The quantitative estimate of drug-likeness (QED) is 0.683. The van der Waals surface area contributed by atoms with Gasteiger partial charge in [-0.15, -0.1) is 0 Å². The summed E-state index contributed by atoms with van der Waals surface area (Å²) in [6.07, 6.45) is 0.150. The van der Waals surface area contributed by atoms with Crippen molar-refractivity contribution in [3.05, 3.63) is 63.4 Å². The van der Waals surface area contributed by atoms with E-state index in [0.717, 1.165) is 5.56 Å². The zero-order valence-electron chi connectivity index (χ0n) is 9.79. The van der Waals surface area contributed by atoms with E-state index in [9.17, 15) is 9.18 Å². The highest BCUT2D eigenvalue weighted by molar-refractivity contribution is 6.39. The molecule has 0 spiro atoms. The molecule has 0 aliphatic carbocycles. The van der Waals surface area contributed by atoms with Crippen molar-refractivity contribution in [1.29, 1.82) is 0 Å². The number of ketones is 1. The van der Waals surface area contributed by atoms with Gasteiger partial charge in [-0.1, -0.05) is 35.3 Å². The first-order valence-electron chi connectivity index (χ1n) is 5.49. The Labute approximate surface area is 119 Å². The molecule has 5 heteroatoms. The average molecular weight is 298 g/mol. The summed E-state index contributed by atoms with van der Waals surface area (Å²) >= 11 is 11.8. The molecular formula is C14H10Cl2FNO. The van der Waals surface area contributed by atoms with Crippen LogP contribution in [0.5, 0.6) is 0 Å². The fraction of sp³-hybridized carbons (Fsp3) is 0.0714. The van der Waals surface area contributed by atoms with Crippen molar-refractivity contribution in [2.75, 3.05) is 5.73 Å². The largest absolute Gasteiger partial charge is 0.396 e. The third kappa shape index (κ3) is 3.25. The molecule has 0 saturated heterocycles. The fourth-order valence-corrected chi connectivity index (χ4v) is 2.12. The molecule has 2 aromatic rings. The van der Waals surface area contributed by atoms with E-state index >= 15 is 0 Å². The molecule has 0 fully saturated rings. The smallest absolute Gasteiger partial charge is 0.167 e. The molecule has 0 aromatic heterocycles. The summed E-state index contributed by atoms with van der Waals surface area (Å²) in [6.45, 7) is 0. The number of anilines is 1. The number of carbonyl (C=O) groups is 1. The van der Waals surface area contributed by atoms with Crippen molar-refractivity contribution in [3.63, 3.8) is 0 Å². The predicted octanol–water partition coefficient (Wildman–Crippen LogP) is 4.14. The van der Waals surface area contributed by atoms with Crippen molar-refractivity contribution in [3.8, 4) is 0 Å². The Kier molecular flexibility index (Phi) is 4.08. The molecule has 0 aliphatic rings. The average Bonchev–Trinajstić information content (AvgIpc) is 2.38. The molecule has 0 radical (unpaired) electrons. The number of Topliss-reactive ketones (excluding diaryl/α,β-unsaturated/α-hetero) is 1. The monoisotopic (exact) mass is 297 g/mol. The van der Waals surface area contributed by atoms with Gasteiger partial charge in [-0.25, -0.2) is 4.39 Å². The summed E-state index contributed by atoms with van der Waals surface area (Å²) in [7, 11) is 0. The Balaban J connectivity index is 2.23. The minimum atomic E-state index is -0.338. The summed E-state index contributed by atoms with van der Waals surface area (Å²) < 4.78 is 12.8. The molecule has 2 nitrogen and oxygen atoms in total. The van der Waals surface area contributed by atoms with Gasteiger partial charge in [0, 0.05) is 12.0 Å². The highest BCUT2D eigenvalue weighted by Gasteiger charge is 2.12. The lowest BCUT2D eigenvalue weighted by atomic mass is 10.0. The van der Waals surface area contributed by atoms with Gasteiger partial charge >= 0.3 is 0 Å². The van der Waals surface area contributed by atoms with Gasteiger partial charge in [0.05, 0.1) is 15.7 Å². The highest BCUT2D eigenvalue weighted by atomic mass is 35.5. The van der Waals surface area contributed by atoms with Crippen LogP contribution in [-0.4, -0.2) is 5.78 Å². The molecule has 0 amide bonds. The zero-order chi connectivity index (χ0) is 14.0. The molecule has 0 bridgehead atoms. The maximum absolute atomic E-state index is 12.8. The number of carbonyl (C=O) groups excluding carboxylic acids is 1. The van der Waals surface area contributed by atoms with E-state index in [1.165, 1.54) is 24.3 Å². The second-order valence-electron chi connectivity index (χ2n) is 4.08. The minimum absolute atomic E-state index is 0.150. The highest BCUT2D eigenvalue weighted by Crippen LogP contribution is 2.29. The number of benzene rings is 2. The van der Waals surface area contributed by atoms with E-state index in [0.29, 0.717) is 5.56 Å². The van der Waals surface area contributed by atoms with Gasteiger partial charge in [0.15, 0.2) is 5.78 Å². The van der Waals surface area contributed by atoms with E-state index in [4.69, 9.17) is 28.9 Å². The van der Waals surface area contributed by atoms with E-state index in [1.54, 1.807) is 12.1 Å². The third-order valence-electron chi connectivity index (χ3n) is 2.68. The first kappa shape index (κ1) is 13.8. The van der Waals surface area contributed by atoms with Gasteiger partial charge in [-0.3, -0.25) is 4.79 Å². The van der Waals surface area contributed by atoms with Gasteiger partial charge in [0.1, 0.15) is 5.82 Å². The van der Waals surface area contributed by atoms with E-state index < -0.39 is 0 Å². The number of nitrogens with two attached hydrogens (primary N) is 1. The van der Waals surface area contributed by atoms with E-state index in [2.05, 4.69) is 0 Å². The summed E-state index contributed by atoms with van der Waals surface area (Å²) in [4.78, 5) is 12.1. The van der Waals surface area contributed by atoms with Crippen molar-refractivity contribution in [2.24, 2.45) is 0 Å². The molecule has 0 atom stereocenters. The Bertz CT molecular complexity index is 603. The van der Waals surface area contributed by atoms with Crippen molar-refractivity contribution < 1.29 is 9.18 Å². The zero-order valence-corrected chi connectivity index (χ0v) is 11.3. The first-order valence-corrected chi connectivity index (χ1v) is 6.25. The van der Waals surface area contributed by atoms with Crippen molar-refractivity contribution in [1.82, 2.24) is 0 Å².